The second-order valence-electron chi connectivity index (χ2n) is 10.6. The third-order valence-electron chi connectivity index (χ3n) is 7.69. The largest absolute Gasteiger partial charge is 0.341 e. The molecule has 3 aliphatic rings. The number of urea groups is 1. The minimum Gasteiger partial charge on any atom is -0.337 e. The van der Waals surface area contributed by atoms with Crippen LogP contribution in [0.5, 0.6) is 0 Å². The second kappa shape index (κ2) is 10.8. The Morgan fingerprint density at radius 1 is 1.10 bits per heavy atom. The predicted molar refractivity (Wildman–Crippen MR) is 148 cm³/mol. The first-order valence-electron chi connectivity index (χ1n) is 13.7. The van der Waals surface area contributed by atoms with Crippen molar-refractivity contribution in [2.24, 2.45) is 11.0 Å². The molecule has 1 saturated heterocycles. The van der Waals surface area contributed by atoms with Gasteiger partial charge in [0.05, 0.1) is 40.9 Å². The molecular weight excluding hydrogens is 546 g/mol. The number of halogens is 2. The van der Waals surface area contributed by atoms with Crippen molar-refractivity contribution in [3.05, 3.63) is 58.5 Å². The van der Waals surface area contributed by atoms with Crippen molar-refractivity contribution in [1.29, 1.82) is 5.26 Å². The molecule has 3 aromatic rings. The number of hydrazone groups is 1. The topological polar surface area (TPSA) is 136 Å². The number of nitrogens with one attached hydrogen (secondary N) is 1. The van der Waals surface area contributed by atoms with E-state index in [0.717, 1.165) is 25.1 Å². The zero-order valence-electron chi connectivity index (χ0n) is 23.1. The van der Waals surface area contributed by atoms with Crippen LogP contribution < -0.4 is 10.2 Å². The van der Waals surface area contributed by atoms with Gasteiger partial charge in [-0.2, -0.15) is 20.4 Å². The Bertz CT molecular complexity index is 1640. The number of rotatable bonds is 5. The molecule has 1 N–H and O–H groups in total. The third-order valence-corrected chi connectivity index (χ3v) is 7.69. The monoisotopic (exact) mass is 574 g/mol. The van der Waals surface area contributed by atoms with Gasteiger partial charge in [0.15, 0.2) is 11.6 Å². The molecule has 216 valence electrons. The summed E-state index contributed by atoms with van der Waals surface area (Å²) in [4.78, 5) is 37.8. The average molecular weight is 575 g/mol. The molecule has 2 aromatic heterocycles. The first-order valence-corrected chi connectivity index (χ1v) is 13.7. The number of aromatic nitrogens is 4. The molecule has 6 rings (SSSR count). The second-order valence-corrected chi connectivity index (χ2v) is 10.6. The van der Waals surface area contributed by atoms with E-state index in [4.69, 9.17) is 0 Å². The summed E-state index contributed by atoms with van der Waals surface area (Å²) in [7, 11) is 0. The molecule has 14 heteroatoms. The lowest BCUT2D eigenvalue weighted by molar-refractivity contribution is -0.117. The molecule has 0 spiro atoms. The van der Waals surface area contributed by atoms with Crippen LogP contribution in [-0.4, -0.2) is 74.0 Å². The van der Waals surface area contributed by atoms with Crippen molar-refractivity contribution in [2.75, 3.05) is 36.4 Å². The van der Waals surface area contributed by atoms with E-state index in [0.29, 0.717) is 55.2 Å². The van der Waals surface area contributed by atoms with Crippen LogP contribution in [0, 0.1) is 42.7 Å². The van der Waals surface area contributed by atoms with Gasteiger partial charge in [-0.25, -0.2) is 28.3 Å². The molecule has 4 heterocycles. The lowest BCUT2D eigenvalue weighted by Crippen LogP contribution is -2.52. The number of aryl methyl sites for hydroxylation is 1. The fraction of sp³-hybridized carbons (Fsp3) is 0.393. The van der Waals surface area contributed by atoms with Crippen molar-refractivity contribution >= 4 is 29.8 Å². The van der Waals surface area contributed by atoms with E-state index in [-0.39, 0.29) is 35.2 Å². The van der Waals surface area contributed by atoms with Gasteiger partial charge in [0.1, 0.15) is 5.82 Å². The molecule has 12 nitrogen and oxygen atoms in total. The minimum absolute atomic E-state index is 0.0148. The first-order chi connectivity index (χ1) is 20.2. The van der Waals surface area contributed by atoms with Crippen molar-refractivity contribution in [3.63, 3.8) is 0 Å². The molecule has 42 heavy (non-hydrogen) atoms. The zero-order chi connectivity index (χ0) is 29.5. The number of benzene rings is 1. The standard InChI is InChI=1S/C28H28F2N10O2/c1-16-24(34-26(41)19-3-4-19)17(2)39(36-16)25-22(30)15-32-27(35-25)37-7-9-38(10-8-37)28(42)40-23(5-6-33-40)20-11-18(14-31)12-21(29)13-20/h6,11-13,15,19,23H,3-5,7-10H2,1-2H3,(H,34,41). The van der Waals surface area contributed by atoms with Crippen molar-refractivity contribution in [1.82, 2.24) is 29.7 Å². The SMILES string of the molecule is Cc1nn(-c2nc(N3CCN(C(=O)N4N=CCC4c4cc(F)cc(C#N)c4)CC3)ncc2F)c(C)c1NC(=O)C1CC1. The summed E-state index contributed by atoms with van der Waals surface area (Å²) in [5, 5.41) is 22.1. The Hall–Kier alpha value is -4.93. The highest BCUT2D eigenvalue weighted by Crippen LogP contribution is 2.33. The Labute approximate surface area is 240 Å². The summed E-state index contributed by atoms with van der Waals surface area (Å²) in [6.07, 6.45) is 4.83. The van der Waals surface area contributed by atoms with Crippen LogP contribution in [0.4, 0.5) is 25.2 Å². The number of nitriles is 1. The quantitative estimate of drug-likeness (QED) is 0.493. The van der Waals surface area contributed by atoms with Gasteiger partial charge in [-0.1, -0.05) is 0 Å². The normalized spacial score (nSPS) is 18.4. The fourth-order valence-electron chi connectivity index (χ4n) is 5.24. The summed E-state index contributed by atoms with van der Waals surface area (Å²) in [6.45, 7) is 4.92. The number of amides is 3. The van der Waals surface area contributed by atoms with E-state index < -0.39 is 17.7 Å². The minimum atomic E-state index is -0.659. The highest BCUT2D eigenvalue weighted by molar-refractivity contribution is 5.95. The van der Waals surface area contributed by atoms with Crippen LogP contribution in [0.3, 0.4) is 0 Å². The third kappa shape index (κ3) is 5.13. The van der Waals surface area contributed by atoms with E-state index in [9.17, 15) is 23.6 Å². The van der Waals surface area contributed by atoms with Crippen molar-refractivity contribution in [2.45, 2.75) is 39.2 Å². The molecule has 1 saturated carbocycles. The van der Waals surface area contributed by atoms with Gasteiger partial charge in [-0.15, -0.1) is 0 Å². The molecule has 0 radical (unpaired) electrons. The lowest BCUT2D eigenvalue weighted by atomic mass is 10.0. The van der Waals surface area contributed by atoms with Crippen LogP contribution >= 0.6 is 0 Å². The van der Waals surface area contributed by atoms with Gasteiger partial charge in [0.2, 0.25) is 11.9 Å². The summed E-state index contributed by atoms with van der Waals surface area (Å²) in [5.41, 5.74) is 2.34. The number of carbonyl (C=O) groups excluding carboxylic acids is 2. The van der Waals surface area contributed by atoms with E-state index in [1.54, 1.807) is 31.0 Å². The van der Waals surface area contributed by atoms with Crippen molar-refractivity contribution in [3.8, 4) is 11.9 Å². The smallest absolute Gasteiger partial charge is 0.337 e. The summed E-state index contributed by atoms with van der Waals surface area (Å²) >= 11 is 0. The molecule has 1 unspecified atom stereocenters. The molecule has 3 amide bonds. The molecule has 1 atom stereocenters. The molecule has 2 fully saturated rings. The van der Waals surface area contributed by atoms with E-state index in [2.05, 4.69) is 25.5 Å². The number of carbonyl (C=O) groups is 2. The number of hydrogen-bond donors (Lipinski definition) is 1. The van der Waals surface area contributed by atoms with Crippen LogP contribution in [-0.2, 0) is 4.79 Å². The van der Waals surface area contributed by atoms with Gasteiger partial charge in [0.25, 0.3) is 0 Å². The van der Waals surface area contributed by atoms with Gasteiger partial charge < -0.3 is 15.1 Å². The molecule has 2 aliphatic heterocycles. The number of nitrogens with zero attached hydrogens (tertiary/aromatic N) is 9. The van der Waals surface area contributed by atoms with Gasteiger partial charge in [-0.05, 0) is 50.5 Å². The van der Waals surface area contributed by atoms with Gasteiger partial charge >= 0.3 is 6.03 Å². The number of anilines is 2. The number of hydrogen-bond acceptors (Lipinski definition) is 8. The predicted octanol–water partition coefficient (Wildman–Crippen LogP) is 3.45. The van der Waals surface area contributed by atoms with Crippen LogP contribution in [0.25, 0.3) is 5.82 Å². The van der Waals surface area contributed by atoms with E-state index in [1.165, 1.54) is 15.8 Å². The summed E-state index contributed by atoms with van der Waals surface area (Å²) < 4.78 is 30.4. The van der Waals surface area contributed by atoms with Crippen molar-refractivity contribution < 1.29 is 18.4 Å². The van der Waals surface area contributed by atoms with E-state index in [1.807, 2.05) is 11.0 Å². The lowest BCUT2D eigenvalue weighted by Gasteiger charge is -2.37. The average Bonchev–Trinajstić information content (AvgIpc) is 3.67. The zero-order valence-corrected chi connectivity index (χ0v) is 23.1. The van der Waals surface area contributed by atoms with Gasteiger partial charge in [0, 0.05) is 44.7 Å². The Morgan fingerprint density at radius 2 is 1.86 bits per heavy atom. The Balaban J connectivity index is 1.15. The van der Waals surface area contributed by atoms with Crippen LogP contribution in [0.2, 0.25) is 0 Å². The maximum Gasteiger partial charge on any atom is 0.341 e. The Kier molecular flexibility index (Phi) is 7.01. The maximum absolute atomic E-state index is 14.9. The number of piperazine rings is 1. The highest BCUT2D eigenvalue weighted by Gasteiger charge is 2.34. The molecular formula is C28H28F2N10O2. The Morgan fingerprint density at radius 3 is 2.57 bits per heavy atom. The van der Waals surface area contributed by atoms with E-state index >= 15 is 0 Å². The summed E-state index contributed by atoms with van der Waals surface area (Å²) in [5.74, 6) is -1.00. The first kappa shape index (κ1) is 27.3. The van der Waals surface area contributed by atoms with Crippen LogP contribution in [0.15, 0.2) is 29.5 Å². The van der Waals surface area contributed by atoms with Gasteiger partial charge in [-0.3, -0.25) is 4.79 Å². The maximum atomic E-state index is 14.9. The van der Waals surface area contributed by atoms with Crippen LogP contribution in [0.1, 0.15) is 47.8 Å². The molecule has 0 bridgehead atoms. The fourth-order valence-corrected chi connectivity index (χ4v) is 5.24. The summed E-state index contributed by atoms with van der Waals surface area (Å²) in [6, 6.07) is 5.12. The molecule has 1 aromatic carbocycles. The highest BCUT2D eigenvalue weighted by atomic mass is 19.1. The molecule has 1 aliphatic carbocycles.